The van der Waals surface area contributed by atoms with Crippen LogP contribution in [0.5, 0.6) is 5.75 Å². The summed E-state index contributed by atoms with van der Waals surface area (Å²) in [5.74, 6) is 0.0337. The van der Waals surface area contributed by atoms with E-state index in [9.17, 15) is 9.59 Å². The van der Waals surface area contributed by atoms with Crippen LogP contribution >= 0.6 is 0 Å². The number of benzene rings is 1. The van der Waals surface area contributed by atoms with Crippen LogP contribution < -0.4 is 4.74 Å². The zero-order valence-electron chi connectivity index (χ0n) is 10.3. The van der Waals surface area contributed by atoms with Gasteiger partial charge >= 0.3 is 5.97 Å². The van der Waals surface area contributed by atoms with Crippen LogP contribution in [0, 0.1) is 6.92 Å². The zero-order chi connectivity index (χ0) is 12.8. The number of hydrogen-bond donors (Lipinski definition) is 0. The van der Waals surface area contributed by atoms with Crippen LogP contribution in [0.4, 0.5) is 0 Å². The van der Waals surface area contributed by atoms with Crippen LogP contribution in [-0.4, -0.2) is 26.0 Å². The third kappa shape index (κ3) is 3.59. The van der Waals surface area contributed by atoms with Gasteiger partial charge < -0.3 is 9.47 Å². The van der Waals surface area contributed by atoms with Crippen LogP contribution in [0.2, 0.25) is 0 Å². The molecule has 0 aliphatic heterocycles. The van der Waals surface area contributed by atoms with Crippen molar-refractivity contribution < 1.29 is 19.1 Å². The van der Waals surface area contributed by atoms with Crippen LogP contribution in [-0.2, 0) is 9.53 Å². The number of rotatable bonds is 5. The van der Waals surface area contributed by atoms with Crippen molar-refractivity contribution in [3.8, 4) is 5.75 Å². The molecule has 0 aromatic heterocycles. The Morgan fingerprint density at radius 2 is 1.88 bits per heavy atom. The third-order valence-corrected chi connectivity index (χ3v) is 2.44. The summed E-state index contributed by atoms with van der Waals surface area (Å²) >= 11 is 0. The Kier molecular flexibility index (Phi) is 4.69. The summed E-state index contributed by atoms with van der Waals surface area (Å²) < 4.78 is 9.61. The highest BCUT2D eigenvalue weighted by atomic mass is 16.5. The lowest BCUT2D eigenvalue weighted by atomic mass is 10.0. The topological polar surface area (TPSA) is 52.6 Å². The molecule has 0 amide bonds. The van der Waals surface area contributed by atoms with Crippen molar-refractivity contribution in [3.63, 3.8) is 0 Å². The van der Waals surface area contributed by atoms with Crippen molar-refractivity contribution in [2.75, 3.05) is 14.2 Å². The molecule has 0 saturated heterocycles. The fourth-order valence-electron chi connectivity index (χ4n) is 1.49. The van der Waals surface area contributed by atoms with Crippen LogP contribution in [0.1, 0.15) is 28.8 Å². The smallest absolute Gasteiger partial charge is 0.305 e. The Morgan fingerprint density at radius 3 is 2.47 bits per heavy atom. The van der Waals surface area contributed by atoms with Gasteiger partial charge in [-0.25, -0.2) is 0 Å². The molecule has 0 fully saturated rings. The fourth-order valence-corrected chi connectivity index (χ4v) is 1.49. The molecule has 0 atom stereocenters. The number of carbonyl (C=O) groups excluding carboxylic acids is 2. The van der Waals surface area contributed by atoms with Crippen molar-refractivity contribution >= 4 is 11.8 Å². The first-order valence-corrected chi connectivity index (χ1v) is 5.33. The number of ketones is 1. The Hall–Kier alpha value is -1.84. The lowest BCUT2D eigenvalue weighted by molar-refractivity contribution is -0.140. The van der Waals surface area contributed by atoms with Gasteiger partial charge in [0.2, 0.25) is 0 Å². The van der Waals surface area contributed by atoms with E-state index in [-0.39, 0.29) is 24.6 Å². The summed E-state index contributed by atoms with van der Waals surface area (Å²) in [6, 6.07) is 5.38. The van der Waals surface area contributed by atoms with Crippen LogP contribution in [0.15, 0.2) is 18.2 Å². The van der Waals surface area contributed by atoms with Gasteiger partial charge in [0.1, 0.15) is 5.75 Å². The molecule has 0 bridgehead atoms. The summed E-state index contributed by atoms with van der Waals surface area (Å²) in [5.41, 5.74) is 1.49. The second-order valence-corrected chi connectivity index (χ2v) is 3.70. The van der Waals surface area contributed by atoms with Gasteiger partial charge in [-0.2, -0.15) is 0 Å². The van der Waals surface area contributed by atoms with E-state index < -0.39 is 0 Å². The molecule has 0 aliphatic rings. The number of ether oxygens (including phenoxy) is 2. The van der Waals surface area contributed by atoms with E-state index in [1.165, 1.54) is 14.2 Å². The van der Waals surface area contributed by atoms with Crippen molar-refractivity contribution in [3.05, 3.63) is 29.3 Å². The summed E-state index contributed by atoms with van der Waals surface area (Å²) in [5, 5.41) is 0. The van der Waals surface area contributed by atoms with Gasteiger partial charge in [-0.3, -0.25) is 9.59 Å². The Labute approximate surface area is 101 Å². The number of Topliss-reactive ketones (excluding diaryl/α,β-unsaturated/α-hetero) is 1. The van der Waals surface area contributed by atoms with Gasteiger partial charge in [0.05, 0.1) is 26.2 Å². The van der Waals surface area contributed by atoms with E-state index in [2.05, 4.69) is 4.74 Å². The minimum absolute atomic E-state index is 0.0897. The number of esters is 1. The first kappa shape index (κ1) is 13.2. The number of hydrogen-bond acceptors (Lipinski definition) is 4. The fraction of sp³-hybridized carbons (Fsp3) is 0.385. The molecule has 0 unspecified atom stereocenters. The third-order valence-electron chi connectivity index (χ3n) is 2.44. The van der Waals surface area contributed by atoms with Gasteiger partial charge in [0.15, 0.2) is 5.78 Å². The van der Waals surface area contributed by atoms with E-state index in [4.69, 9.17) is 4.74 Å². The van der Waals surface area contributed by atoms with E-state index in [0.29, 0.717) is 11.3 Å². The minimum atomic E-state index is -0.384. The highest BCUT2D eigenvalue weighted by Crippen LogP contribution is 2.21. The Balaban J connectivity index is 2.80. The van der Waals surface area contributed by atoms with Gasteiger partial charge in [-0.15, -0.1) is 0 Å². The van der Waals surface area contributed by atoms with E-state index in [1.54, 1.807) is 12.1 Å². The standard InChI is InChI=1S/C13H16O4/c1-9-4-6-12(16-2)10(8-9)11(14)5-7-13(15)17-3/h4,6,8H,5,7H2,1-3H3. The maximum atomic E-state index is 11.9. The molecule has 0 heterocycles. The molecule has 0 radical (unpaired) electrons. The van der Waals surface area contributed by atoms with Crippen LogP contribution in [0.3, 0.4) is 0 Å². The van der Waals surface area contributed by atoms with E-state index >= 15 is 0 Å². The molecule has 0 aliphatic carbocycles. The Morgan fingerprint density at radius 1 is 1.18 bits per heavy atom. The molecule has 1 aromatic rings. The van der Waals surface area contributed by atoms with Crippen LogP contribution in [0.25, 0.3) is 0 Å². The first-order chi connectivity index (χ1) is 8.08. The van der Waals surface area contributed by atoms with Crippen molar-refractivity contribution in [1.82, 2.24) is 0 Å². The normalized spacial score (nSPS) is 9.82. The zero-order valence-corrected chi connectivity index (χ0v) is 10.3. The molecule has 1 aromatic carbocycles. The molecular formula is C13H16O4. The second-order valence-electron chi connectivity index (χ2n) is 3.70. The predicted octanol–water partition coefficient (Wildman–Crippen LogP) is 2.14. The highest BCUT2D eigenvalue weighted by Gasteiger charge is 2.14. The summed E-state index contributed by atoms with van der Waals surface area (Å²) in [6.45, 7) is 1.90. The van der Waals surface area contributed by atoms with Crippen molar-refractivity contribution in [1.29, 1.82) is 0 Å². The largest absolute Gasteiger partial charge is 0.496 e. The molecule has 17 heavy (non-hydrogen) atoms. The lowest BCUT2D eigenvalue weighted by Gasteiger charge is -2.08. The van der Waals surface area contributed by atoms with Gasteiger partial charge in [0, 0.05) is 6.42 Å². The SMILES string of the molecule is COC(=O)CCC(=O)c1cc(C)ccc1OC. The second kappa shape index (κ2) is 6.03. The average molecular weight is 236 g/mol. The highest BCUT2D eigenvalue weighted by molar-refractivity contribution is 6.00. The monoisotopic (exact) mass is 236 g/mol. The number of aryl methyl sites for hydroxylation is 1. The minimum Gasteiger partial charge on any atom is -0.496 e. The van der Waals surface area contributed by atoms with E-state index in [1.807, 2.05) is 13.0 Å². The predicted molar refractivity (Wildman–Crippen MR) is 63.3 cm³/mol. The first-order valence-electron chi connectivity index (χ1n) is 5.33. The molecule has 4 nitrogen and oxygen atoms in total. The lowest BCUT2D eigenvalue weighted by Crippen LogP contribution is -2.07. The molecule has 4 heteroatoms. The summed E-state index contributed by atoms with van der Waals surface area (Å²) in [7, 11) is 2.82. The maximum Gasteiger partial charge on any atom is 0.305 e. The van der Waals surface area contributed by atoms with Gasteiger partial charge in [-0.1, -0.05) is 11.6 Å². The molecule has 0 N–H and O–H groups in total. The van der Waals surface area contributed by atoms with E-state index in [0.717, 1.165) is 5.56 Å². The van der Waals surface area contributed by atoms with Crippen molar-refractivity contribution in [2.45, 2.75) is 19.8 Å². The van der Waals surface area contributed by atoms with Gasteiger partial charge in [0.25, 0.3) is 0 Å². The molecule has 0 spiro atoms. The Bertz CT molecular complexity index is 423. The van der Waals surface area contributed by atoms with Crippen molar-refractivity contribution in [2.24, 2.45) is 0 Å². The molecular weight excluding hydrogens is 220 g/mol. The van der Waals surface area contributed by atoms with Gasteiger partial charge in [-0.05, 0) is 19.1 Å². The summed E-state index contributed by atoms with van der Waals surface area (Å²) in [6.07, 6.45) is 0.221. The average Bonchev–Trinajstić information content (AvgIpc) is 2.35. The molecule has 92 valence electrons. The quantitative estimate of drug-likeness (QED) is 0.580. The number of methoxy groups -OCH3 is 2. The maximum absolute atomic E-state index is 11.9. The molecule has 1 rings (SSSR count). The number of carbonyl (C=O) groups is 2. The summed E-state index contributed by atoms with van der Waals surface area (Å²) in [4.78, 5) is 22.9. The molecule has 0 saturated carbocycles.